The van der Waals surface area contributed by atoms with E-state index in [1.807, 2.05) is 37.2 Å². The summed E-state index contributed by atoms with van der Waals surface area (Å²) in [5.74, 6) is -0.155. The molecule has 24 heavy (non-hydrogen) atoms. The highest BCUT2D eigenvalue weighted by Gasteiger charge is 2.14. The molecule has 0 spiro atoms. The molecule has 1 amide bonds. The van der Waals surface area contributed by atoms with Gasteiger partial charge in [0.1, 0.15) is 0 Å². The molecule has 6 heteroatoms. The van der Waals surface area contributed by atoms with E-state index in [0.29, 0.717) is 34.5 Å². The largest absolute Gasteiger partial charge is 0.399 e. The van der Waals surface area contributed by atoms with E-state index in [4.69, 9.17) is 11.5 Å². The SMILES string of the molecule is CN(C)CCNC(=O)c1cccc2c(N)c3ccc(N)cc3nc12. The number of nitrogens with two attached hydrogens (primary N) is 2. The summed E-state index contributed by atoms with van der Waals surface area (Å²) in [4.78, 5) is 19.2. The first-order valence-corrected chi connectivity index (χ1v) is 7.77. The van der Waals surface area contributed by atoms with Crippen molar-refractivity contribution in [1.29, 1.82) is 0 Å². The number of nitrogens with zero attached hydrogens (tertiary/aromatic N) is 2. The third-order valence-corrected chi connectivity index (χ3v) is 3.96. The Morgan fingerprint density at radius 2 is 1.96 bits per heavy atom. The lowest BCUT2D eigenvalue weighted by atomic mass is 10.0. The molecule has 0 aliphatic carbocycles. The second-order valence-electron chi connectivity index (χ2n) is 6.06. The Balaban J connectivity index is 2.09. The van der Waals surface area contributed by atoms with Crippen molar-refractivity contribution in [2.75, 3.05) is 38.7 Å². The minimum Gasteiger partial charge on any atom is -0.399 e. The fraction of sp³-hybridized carbons (Fsp3) is 0.222. The molecule has 2 aromatic carbocycles. The molecule has 0 saturated carbocycles. The number of aromatic nitrogens is 1. The second-order valence-corrected chi connectivity index (χ2v) is 6.06. The Morgan fingerprint density at radius 3 is 2.71 bits per heavy atom. The number of para-hydroxylation sites is 1. The molecule has 0 aliphatic rings. The van der Waals surface area contributed by atoms with Crippen molar-refractivity contribution in [2.24, 2.45) is 0 Å². The predicted molar refractivity (Wildman–Crippen MR) is 99.0 cm³/mol. The number of anilines is 2. The first-order valence-electron chi connectivity index (χ1n) is 7.77. The number of pyridine rings is 1. The lowest BCUT2D eigenvalue weighted by molar-refractivity contribution is 0.0952. The van der Waals surface area contributed by atoms with Crippen LogP contribution in [-0.4, -0.2) is 43.0 Å². The van der Waals surface area contributed by atoms with Gasteiger partial charge in [0.2, 0.25) is 0 Å². The van der Waals surface area contributed by atoms with Crippen molar-refractivity contribution in [2.45, 2.75) is 0 Å². The van der Waals surface area contributed by atoms with Crippen LogP contribution in [0, 0.1) is 0 Å². The van der Waals surface area contributed by atoms with Gasteiger partial charge in [-0.05, 0) is 38.4 Å². The van der Waals surface area contributed by atoms with Gasteiger partial charge in [0.05, 0.1) is 22.3 Å². The summed E-state index contributed by atoms with van der Waals surface area (Å²) >= 11 is 0. The highest BCUT2D eigenvalue weighted by molar-refractivity contribution is 6.13. The Hall–Kier alpha value is -2.86. The average Bonchev–Trinajstić information content (AvgIpc) is 2.54. The van der Waals surface area contributed by atoms with E-state index in [1.54, 1.807) is 18.2 Å². The van der Waals surface area contributed by atoms with Crippen LogP contribution >= 0.6 is 0 Å². The van der Waals surface area contributed by atoms with Crippen LogP contribution in [0.5, 0.6) is 0 Å². The van der Waals surface area contributed by atoms with Crippen molar-refractivity contribution in [1.82, 2.24) is 15.2 Å². The van der Waals surface area contributed by atoms with Crippen LogP contribution in [0.3, 0.4) is 0 Å². The molecule has 5 N–H and O–H groups in total. The average molecular weight is 323 g/mol. The number of hydrogen-bond donors (Lipinski definition) is 3. The van der Waals surface area contributed by atoms with Gasteiger partial charge in [-0.1, -0.05) is 12.1 Å². The van der Waals surface area contributed by atoms with Gasteiger partial charge < -0.3 is 21.7 Å². The molecule has 124 valence electrons. The van der Waals surface area contributed by atoms with Gasteiger partial charge in [0.25, 0.3) is 5.91 Å². The number of hydrogen-bond acceptors (Lipinski definition) is 5. The lowest BCUT2D eigenvalue weighted by Crippen LogP contribution is -2.31. The number of benzene rings is 2. The first-order chi connectivity index (χ1) is 11.5. The van der Waals surface area contributed by atoms with Crippen LogP contribution < -0.4 is 16.8 Å². The molecule has 1 heterocycles. The van der Waals surface area contributed by atoms with Gasteiger partial charge in [-0.2, -0.15) is 0 Å². The van der Waals surface area contributed by atoms with Gasteiger partial charge in [-0.25, -0.2) is 4.98 Å². The number of rotatable bonds is 4. The number of nitrogen functional groups attached to an aromatic ring is 2. The van der Waals surface area contributed by atoms with E-state index < -0.39 is 0 Å². The number of amides is 1. The van der Waals surface area contributed by atoms with Gasteiger partial charge in [-0.15, -0.1) is 0 Å². The summed E-state index contributed by atoms with van der Waals surface area (Å²) in [5, 5.41) is 4.52. The minimum absolute atomic E-state index is 0.155. The predicted octanol–water partition coefficient (Wildman–Crippen LogP) is 1.84. The smallest absolute Gasteiger partial charge is 0.253 e. The summed E-state index contributed by atoms with van der Waals surface area (Å²) in [6.45, 7) is 1.34. The van der Waals surface area contributed by atoms with Crippen LogP contribution in [0.2, 0.25) is 0 Å². The molecule has 6 nitrogen and oxygen atoms in total. The second kappa shape index (κ2) is 6.33. The van der Waals surface area contributed by atoms with Crippen LogP contribution in [-0.2, 0) is 0 Å². The zero-order valence-electron chi connectivity index (χ0n) is 13.8. The van der Waals surface area contributed by atoms with E-state index in [0.717, 1.165) is 17.3 Å². The molecular formula is C18H21N5O. The van der Waals surface area contributed by atoms with Crippen LogP contribution in [0.4, 0.5) is 11.4 Å². The van der Waals surface area contributed by atoms with Crippen molar-refractivity contribution < 1.29 is 4.79 Å². The molecule has 0 radical (unpaired) electrons. The minimum atomic E-state index is -0.155. The maximum Gasteiger partial charge on any atom is 0.253 e. The zero-order chi connectivity index (χ0) is 17.3. The van der Waals surface area contributed by atoms with Crippen LogP contribution in [0.1, 0.15) is 10.4 Å². The molecular weight excluding hydrogens is 302 g/mol. The Kier molecular flexibility index (Phi) is 4.22. The first kappa shape index (κ1) is 16.0. The normalized spacial score (nSPS) is 11.3. The number of carbonyl (C=O) groups excluding carboxylic acids is 1. The third-order valence-electron chi connectivity index (χ3n) is 3.96. The fourth-order valence-corrected chi connectivity index (χ4v) is 2.69. The Bertz CT molecular complexity index is 920. The maximum atomic E-state index is 12.5. The standard InChI is InChI=1S/C18H21N5O/c1-23(2)9-8-21-18(24)14-5-3-4-13-16(20)12-7-6-11(19)10-15(12)22-17(13)14/h3-7,10H,8-9,19H2,1-2H3,(H2,20,22)(H,21,24). The number of fused-ring (bicyclic) bond motifs is 2. The summed E-state index contributed by atoms with van der Waals surface area (Å²) in [7, 11) is 3.92. The van der Waals surface area contributed by atoms with Crippen molar-refractivity contribution in [3.05, 3.63) is 42.0 Å². The quantitative estimate of drug-likeness (QED) is 0.503. The molecule has 0 saturated heterocycles. The summed E-state index contributed by atoms with van der Waals surface area (Å²) in [6.07, 6.45) is 0. The van der Waals surface area contributed by atoms with E-state index >= 15 is 0 Å². The number of nitrogens with one attached hydrogen (secondary N) is 1. The fourth-order valence-electron chi connectivity index (χ4n) is 2.69. The molecule has 0 unspecified atom stereocenters. The molecule has 0 fully saturated rings. The van der Waals surface area contributed by atoms with E-state index in [1.165, 1.54) is 0 Å². The van der Waals surface area contributed by atoms with Gasteiger partial charge in [0.15, 0.2) is 0 Å². The van der Waals surface area contributed by atoms with E-state index in [9.17, 15) is 4.79 Å². The Labute approximate surface area is 140 Å². The highest BCUT2D eigenvalue weighted by atomic mass is 16.1. The van der Waals surface area contributed by atoms with Crippen molar-refractivity contribution >= 4 is 39.1 Å². The van der Waals surface area contributed by atoms with Crippen molar-refractivity contribution in [3.8, 4) is 0 Å². The maximum absolute atomic E-state index is 12.5. The Morgan fingerprint density at radius 1 is 1.17 bits per heavy atom. The van der Waals surface area contributed by atoms with E-state index in [2.05, 4.69) is 10.3 Å². The third kappa shape index (κ3) is 2.96. The lowest BCUT2D eigenvalue weighted by Gasteiger charge is -2.13. The van der Waals surface area contributed by atoms with Gasteiger partial charge in [-0.3, -0.25) is 4.79 Å². The molecule has 0 bridgehead atoms. The number of likely N-dealkylation sites (N-methyl/N-ethyl adjacent to an activating group) is 1. The highest BCUT2D eigenvalue weighted by Crippen LogP contribution is 2.30. The number of carbonyl (C=O) groups is 1. The summed E-state index contributed by atoms with van der Waals surface area (Å²) in [6, 6.07) is 10.9. The van der Waals surface area contributed by atoms with Gasteiger partial charge >= 0.3 is 0 Å². The molecule has 0 atom stereocenters. The van der Waals surface area contributed by atoms with Crippen LogP contribution in [0.25, 0.3) is 21.8 Å². The van der Waals surface area contributed by atoms with Gasteiger partial charge in [0, 0.05) is 29.5 Å². The molecule has 0 aliphatic heterocycles. The van der Waals surface area contributed by atoms with Crippen molar-refractivity contribution in [3.63, 3.8) is 0 Å². The molecule has 3 aromatic rings. The summed E-state index contributed by atoms with van der Waals surface area (Å²) < 4.78 is 0. The van der Waals surface area contributed by atoms with E-state index in [-0.39, 0.29) is 5.91 Å². The molecule has 1 aromatic heterocycles. The summed E-state index contributed by atoms with van der Waals surface area (Å²) in [5.41, 5.74) is 15.2. The monoisotopic (exact) mass is 323 g/mol. The van der Waals surface area contributed by atoms with Crippen LogP contribution in [0.15, 0.2) is 36.4 Å². The molecule has 3 rings (SSSR count). The topological polar surface area (TPSA) is 97.3 Å². The zero-order valence-corrected chi connectivity index (χ0v) is 13.8.